The Hall–Kier alpha value is -1.56. The fourth-order valence-corrected chi connectivity index (χ4v) is 3.68. The first-order chi connectivity index (χ1) is 10.4. The molecule has 2 rings (SSSR count). The molecule has 1 aliphatic heterocycles. The van der Waals surface area contributed by atoms with E-state index >= 15 is 0 Å². The number of nitrogens with zero attached hydrogens (tertiary/aromatic N) is 1. The second kappa shape index (κ2) is 7.13. The summed E-state index contributed by atoms with van der Waals surface area (Å²) in [5.41, 5.74) is -0.262. The second-order valence-electron chi connectivity index (χ2n) is 5.28. The summed E-state index contributed by atoms with van der Waals surface area (Å²) in [5, 5.41) is 11.8. The topological polar surface area (TPSA) is 82.0 Å². The fourth-order valence-electron chi connectivity index (χ4n) is 2.52. The third kappa shape index (κ3) is 4.00. The van der Waals surface area contributed by atoms with E-state index in [-0.39, 0.29) is 12.1 Å². The molecule has 2 N–H and O–H groups in total. The highest BCUT2D eigenvalue weighted by Crippen LogP contribution is 2.21. The highest BCUT2D eigenvalue weighted by Gasteiger charge is 2.25. The SMILES string of the molecule is N#Cc1cc(F)c(S(=O)(=O)NCCC2CCCNC2)c(F)c1. The lowest BCUT2D eigenvalue weighted by Crippen LogP contribution is -2.33. The van der Waals surface area contributed by atoms with Crippen molar-refractivity contribution in [2.24, 2.45) is 5.92 Å². The molecule has 1 saturated heterocycles. The van der Waals surface area contributed by atoms with Crippen LogP contribution in [-0.2, 0) is 10.0 Å². The zero-order valence-electron chi connectivity index (χ0n) is 11.9. The Morgan fingerprint density at radius 3 is 2.59 bits per heavy atom. The lowest BCUT2D eigenvalue weighted by molar-refractivity contribution is 0.358. The molecule has 1 fully saturated rings. The summed E-state index contributed by atoms with van der Waals surface area (Å²) in [6.07, 6.45) is 2.65. The largest absolute Gasteiger partial charge is 0.316 e. The summed E-state index contributed by atoms with van der Waals surface area (Å²) >= 11 is 0. The van der Waals surface area contributed by atoms with Crippen LogP contribution < -0.4 is 10.0 Å². The van der Waals surface area contributed by atoms with Gasteiger partial charge in [-0.05, 0) is 50.4 Å². The van der Waals surface area contributed by atoms with Gasteiger partial charge in [-0.2, -0.15) is 5.26 Å². The van der Waals surface area contributed by atoms with Crippen LogP contribution in [0.2, 0.25) is 0 Å². The monoisotopic (exact) mass is 329 g/mol. The number of benzene rings is 1. The molecule has 0 bridgehead atoms. The van der Waals surface area contributed by atoms with Gasteiger partial charge in [0.1, 0.15) is 11.6 Å². The number of piperidine rings is 1. The number of rotatable bonds is 5. The maximum absolute atomic E-state index is 13.8. The van der Waals surface area contributed by atoms with Gasteiger partial charge in [0.15, 0.2) is 4.90 Å². The standard InChI is InChI=1S/C14H17F2N3O2S/c15-12-6-11(8-17)7-13(16)14(12)22(20,21)19-5-3-10-2-1-4-18-9-10/h6-7,10,18-19H,1-5,9H2. The first-order valence-corrected chi connectivity index (χ1v) is 8.52. The van der Waals surface area contributed by atoms with E-state index in [0.717, 1.165) is 25.9 Å². The summed E-state index contributed by atoms with van der Waals surface area (Å²) in [4.78, 5) is -1.03. The Bertz CT molecular complexity index is 657. The highest BCUT2D eigenvalue weighted by atomic mass is 32.2. The Morgan fingerprint density at radius 2 is 2.05 bits per heavy atom. The summed E-state index contributed by atoms with van der Waals surface area (Å²) in [6, 6.07) is 2.99. The van der Waals surface area contributed by atoms with E-state index in [0.29, 0.717) is 24.5 Å². The summed E-state index contributed by atoms with van der Waals surface area (Å²) in [7, 11) is -4.28. The predicted molar refractivity (Wildman–Crippen MR) is 76.5 cm³/mol. The smallest absolute Gasteiger partial charge is 0.246 e. The Kier molecular flexibility index (Phi) is 5.45. The Labute approximate surface area is 128 Å². The molecule has 0 saturated carbocycles. The minimum Gasteiger partial charge on any atom is -0.316 e. The van der Waals surface area contributed by atoms with Gasteiger partial charge >= 0.3 is 0 Å². The Morgan fingerprint density at radius 1 is 1.36 bits per heavy atom. The van der Waals surface area contributed by atoms with Crippen molar-refractivity contribution in [3.63, 3.8) is 0 Å². The van der Waals surface area contributed by atoms with Gasteiger partial charge in [0.05, 0.1) is 11.6 Å². The first-order valence-electron chi connectivity index (χ1n) is 7.03. The molecule has 0 amide bonds. The number of hydrogen-bond acceptors (Lipinski definition) is 4. The molecule has 5 nitrogen and oxygen atoms in total. The van der Waals surface area contributed by atoms with Crippen LogP contribution in [0, 0.1) is 28.9 Å². The van der Waals surface area contributed by atoms with E-state index in [1.165, 1.54) is 0 Å². The quantitative estimate of drug-likeness (QED) is 0.858. The van der Waals surface area contributed by atoms with E-state index in [1.807, 2.05) is 0 Å². The average molecular weight is 329 g/mol. The highest BCUT2D eigenvalue weighted by molar-refractivity contribution is 7.89. The van der Waals surface area contributed by atoms with Crippen LogP contribution in [0.4, 0.5) is 8.78 Å². The van der Waals surface area contributed by atoms with Gasteiger partial charge in [-0.15, -0.1) is 0 Å². The molecule has 1 atom stereocenters. The number of hydrogen-bond donors (Lipinski definition) is 2. The molecule has 1 unspecified atom stereocenters. The van der Waals surface area contributed by atoms with Crippen LogP contribution in [0.25, 0.3) is 0 Å². The van der Waals surface area contributed by atoms with Gasteiger partial charge in [-0.1, -0.05) is 0 Å². The Balaban J connectivity index is 2.05. The van der Waals surface area contributed by atoms with Crippen molar-refractivity contribution in [2.45, 2.75) is 24.2 Å². The molecule has 1 aromatic carbocycles. The number of sulfonamides is 1. The van der Waals surface area contributed by atoms with Gasteiger partial charge in [0.25, 0.3) is 0 Å². The van der Waals surface area contributed by atoms with E-state index < -0.39 is 26.6 Å². The van der Waals surface area contributed by atoms with Crippen molar-refractivity contribution < 1.29 is 17.2 Å². The van der Waals surface area contributed by atoms with Crippen LogP contribution >= 0.6 is 0 Å². The maximum atomic E-state index is 13.8. The molecule has 120 valence electrons. The maximum Gasteiger partial charge on any atom is 0.246 e. The average Bonchev–Trinajstić information content (AvgIpc) is 2.47. The second-order valence-corrected chi connectivity index (χ2v) is 6.98. The molecule has 0 spiro atoms. The molecule has 0 aliphatic carbocycles. The molecule has 1 heterocycles. The third-order valence-electron chi connectivity index (χ3n) is 3.64. The summed E-state index contributed by atoms with van der Waals surface area (Å²) in [6.45, 7) is 1.90. The molecular formula is C14H17F2N3O2S. The third-order valence-corrected chi connectivity index (χ3v) is 5.15. The van der Waals surface area contributed by atoms with Gasteiger partial charge < -0.3 is 5.32 Å². The lowest BCUT2D eigenvalue weighted by Gasteiger charge is -2.22. The van der Waals surface area contributed by atoms with Crippen LogP contribution in [0.3, 0.4) is 0 Å². The lowest BCUT2D eigenvalue weighted by atomic mass is 9.96. The van der Waals surface area contributed by atoms with Gasteiger partial charge in [0, 0.05) is 6.54 Å². The minimum absolute atomic E-state index is 0.119. The zero-order chi connectivity index (χ0) is 16.2. The van der Waals surface area contributed by atoms with E-state index in [1.54, 1.807) is 6.07 Å². The predicted octanol–water partition coefficient (Wildman–Crippen LogP) is 1.50. The van der Waals surface area contributed by atoms with Crippen molar-refractivity contribution in [2.75, 3.05) is 19.6 Å². The van der Waals surface area contributed by atoms with E-state index in [4.69, 9.17) is 5.26 Å². The van der Waals surface area contributed by atoms with Crippen LogP contribution in [0.5, 0.6) is 0 Å². The molecular weight excluding hydrogens is 312 g/mol. The van der Waals surface area contributed by atoms with E-state index in [9.17, 15) is 17.2 Å². The zero-order valence-corrected chi connectivity index (χ0v) is 12.7. The van der Waals surface area contributed by atoms with Crippen LogP contribution in [-0.4, -0.2) is 28.1 Å². The molecule has 1 aliphatic rings. The first kappa shape index (κ1) is 16.8. The molecule has 22 heavy (non-hydrogen) atoms. The van der Waals surface area contributed by atoms with Crippen molar-refractivity contribution in [3.8, 4) is 6.07 Å². The summed E-state index contributed by atoms with van der Waals surface area (Å²) in [5.74, 6) is -2.17. The van der Waals surface area contributed by atoms with Crippen molar-refractivity contribution in [3.05, 3.63) is 29.3 Å². The molecule has 0 aromatic heterocycles. The minimum atomic E-state index is -4.28. The molecule has 1 aromatic rings. The van der Waals surface area contributed by atoms with Crippen LogP contribution in [0.15, 0.2) is 17.0 Å². The fraction of sp³-hybridized carbons (Fsp3) is 0.500. The number of nitriles is 1. The normalized spacial score (nSPS) is 18.9. The number of halogens is 2. The van der Waals surface area contributed by atoms with Crippen molar-refractivity contribution >= 4 is 10.0 Å². The van der Waals surface area contributed by atoms with E-state index in [2.05, 4.69) is 10.0 Å². The van der Waals surface area contributed by atoms with Crippen LogP contribution in [0.1, 0.15) is 24.8 Å². The molecule has 8 heteroatoms. The van der Waals surface area contributed by atoms with Crippen molar-refractivity contribution in [1.82, 2.24) is 10.0 Å². The summed E-state index contributed by atoms with van der Waals surface area (Å²) < 4.78 is 53.8. The number of nitrogens with one attached hydrogen (secondary N) is 2. The van der Waals surface area contributed by atoms with Gasteiger partial charge in [-0.25, -0.2) is 21.9 Å². The van der Waals surface area contributed by atoms with Gasteiger partial charge in [0.2, 0.25) is 10.0 Å². The van der Waals surface area contributed by atoms with Crippen molar-refractivity contribution in [1.29, 1.82) is 5.26 Å². The molecule has 0 radical (unpaired) electrons. The van der Waals surface area contributed by atoms with Gasteiger partial charge in [-0.3, -0.25) is 0 Å².